The number of rotatable bonds is 7. The highest BCUT2D eigenvalue weighted by molar-refractivity contribution is 7.99. The molecule has 17 heavy (non-hydrogen) atoms. The van der Waals surface area contributed by atoms with E-state index in [1.54, 1.807) is 18.2 Å². The molecule has 0 aliphatic carbocycles. The predicted molar refractivity (Wildman–Crippen MR) is 72.2 cm³/mol. The van der Waals surface area contributed by atoms with Crippen molar-refractivity contribution >= 4 is 11.8 Å². The molecule has 2 nitrogen and oxygen atoms in total. The monoisotopic (exact) mass is 257 g/mol. The Labute approximate surface area is 107 Å². The van der Waals surface area contributed by atoms with E-state index in [9.17, 15) is 4.39 Å². The first kappa shape index (κ1) is 14.3. The summed E-state index contributed by atoms with van der Waals surface area (Å²) in [7, 11) is 1.47. The summed E-state index contributed by atoms with van der Waals surface area (Å²) in [5.74, 6) is 1.97. The minimum atomic E-state index is -0.286. The summed E-state index contributed by atoms with van der Waals surface area (Å²) >= 11 is 1.82. The Balaban J connectivity index is 2.55. The molecule has 0 saturated heterocycles. The van der Waals surface area contributed by atoms with E-state index in [2.05, 4.69) is 6.92 Å². The van der Waals surface area contributed by atoms with Gasteiger partial charge < -0.3 is 10.5 Å². The summed E-state index contributed by atoms with van der Waals surface area (Å²) in [6, 6.07) is 5.18. The van der Waals surface area contributed by atoms with Gasteiger partial charge >= 0.3 is 0 Å². The Hall–Kier alpha value is -0.740. The summed E-state index contributed by atoms with van der Waals surface area (Å²) in [5.41, 5.74) is 6.61. The lowest BCUT2D eigenvalue weighted by Crippen LogP contribution is -2.26. The van der Waals surface area contributed by atoms with Gasteiger partial charge in [-0.2, -0.15) is 11.8 Å². The molecule has 1 aromatic rings. The number of nitrogens with two attached hydrogens (primary N) is 1. The minimum absolute atomic E-state index is 0.00634. The van der Waals surface area contributed by atoms with Crippen LogP contribution in [0.1, 0.15) is 18.9 Å². The highest BCUT2D eigenvalue weighted by Crippen LogP contribution is 2.21. The summed E-state index contributed by atoms with van der Waals surface area (Å²) in [4.78, 5) is 0. The Bertz CT molecular complexity index is 346. The van der Waals surface area contributed by atoms with E-state index < -0.39 is 0 Å². The van der Waals surface area contributed by atoms with Gasteiger partial charge in [0, 0.05) is 11.8 Å². The normalized spacial score (nSPS) is 12.5. The zero-order chi connectivity index (χ0) is 12.7. The maximum atomic E-state index is 13.8. The molecular weight excluding hydrogens is 237 g/mol. The third kappa shape index (κ3) is 4.56. The number of benzene rings is 1. The molecule has 0 spiro atoms. The van der Waals surface area contributed by atoms with Crippen LogP contribution < -0.4 is 10.5 Å². The van der Waals surface area contributed by atoms with Gasteiger partial charge in [0.1, 0.15) is 0 Å². The first-order valence-corrected chi connectivity index (χ1v) is 6.99. The molecule has 0 saturated carbocycles. The van der Waals surface area contributed by atoms with E-state index >= 15 is 0 Å². The molecule has 0 aliphatic rings. The van der Waals surface area contributed by atoms with E-state index in [0.717, 1.165) is 17.9 Å². The van der Waals surface area contributed by atoms with Crippen molar-refractivity contribution in [2.45, 2.75) is 25.8 Å². The number of halogens is 1. The number of thioether (sulfide) groups is 1. The van der Waals surface area contributed by atoms with Crippen molar-refractivity contribution in [3.8, 4) is 5.75 Å². The van der Waals surface area contributed by atoms with Crippen LogP contribution in [0.4, 0.5) is 4.39 Å². The van der Waals surface area contributed by atoms with Crippen molar-refractivity contribution in [3.63, 3.8) is 0 Å². The average molecular weight is 257 g/mol. The van der Waals surface area contributed by atoms with Crippen LogP contribution in [-0.4, -0.2) is 24.7 Å². The van der Waals surface area contributed by atoms with E-state index in [1.165, 1.54) is 7.11 Å². The SMILES string of the molecule is CCCSCC(N)Cc1cccc(OC)c1F. The molecule has 96 valence electrons. The summed E-state index contributed by atoms with van der Waals surface area (Å²) < 4.78 is 18.8. The van der Waals surface area contributed by atoms with Gasteiger partial charge in [-0.25, -0.2) is 4.39 Å². The van der Waals surface area contributed by atoms with Gasteiger partial charge in [0.15, 0.2) is 11.6 Å². The van der Waals surface area contributed by atoms with Gasteiger partial charge in [0.2, 0.25) is 0 Å². The molecule has 1 unspecified atom stereocenters. The largest absolute Gasteiger partial charge is 0.494 e. The molecule has 0 heterocycles. The third-order valence-corrected chi connectivity index (χ3v) is 3.79. The van der Waals surface area contributed by atoms with E-state index in [4.69, 9.17) is 10.5 Å². The fraction of sp³-hybridized carbons (Fsp3) is 0.538. The van der Waals surface area contributed by atoms with Gasteiger partial charge in [-0.3, -0.25) is 0 Å². The van der Waals surface area contributed by atoms with Crippen LogP contribution in [-0.2, 0) is 6.42 Å². The van der Waals surface area contributed by atoms with Crippen molar-refractivity contribution in [1.82, 2.24) is 0 Å². The number of ether oxygens (including phenoxy) is 1. The lowest BCUT2D eigenvalue weighted by atomic mass is 10.1. The van der Waals surface area contributed by atoms with Crippen LogP contribution in [0.5, 0.6) is 5.75 Å². The molecule has 0 fully saturated rings. The molecule has 4 heteroatoms. The fourth-order valence-corrected chi connectivity index (χ4v) is 2.47. The first-order chi connectivity index (χ1) is 8.19. The lowest BCUT2D eigenvalue weighted by Gasteiger charge is -2.13. The van der Waals surface area contributed by atoms with Crippen LogP contribution in [0.15, 0.2) is 18.2 Å². The smallest absolute Gasteiger partial charge is 0.168 e. The highest BCUT2D eigenvalue weighted by Gasteiger charge is 2.11. The van der Waals surface area contributed by atoms with Crippen LogP contribution in [0, 0.1) is 5.82 Å². The maximum Gasteiger partial charge on any atom is 0.168 e. The average Bonchev–Trinajstić information content (AvgIpc) is 2.32. The van der Waals surface area contributed by atoms with Gasteiger partial charge in [-0.15, -0.1) is 0 Å². The van der Waals surface area contributed by atoms with Crippen molar-refractivity contribution in [2.24, 2.45) is 5.73 Å². The summed E-state index contributed by atoms with van der Waals surface area (Å²) in [5, 5.41) is 0. The quantitative estimate of drug-likeness (QED) is 0.763. The van der Waals surface area contributed by atoms with Gasteiger partial charge in [-0.1, -0.05) is 19.1 Å². The van der Waals surface area contributed by atoms with Crippen molar-refractivity contribution in [1.29, 1.82) is 0 Å². The molecular formula is C13H20FNOS. The molecule has 0 amide bonds. The number of hydrogen-bond donors (Lipinski definition) is 1. The molecule has 0 aromatic heterocycles. The Morgan fingerprint density at radius 3 is 2.88 bits per heavy atom. The van der Waals surface area contributed by atoms with E-state index in [1.807, 2.05) is 11.8 Å². The van der Waals surface area contributed by atoms with Crippen molar-refractivity contribution in [2.75, 3.05) is 18.6 Å². The Morgan fingerprint density at radius 1 is 1.47 bits per heavy atom. The second kappa shape index (κ2) is 7.56. The van der Waals surface area contributed by atoms with Crippen molar-refractivity contribution < 1.29 is 9.13 Å². The Morgan fingerprint density at radius 2 is 2.24 bits per heavy atom. The Kier molecular flexibility index (Phi) is 6.37. The standard InChI is InChI=1S/C13H20FNOS/c1-3-7-17-9-11(15)8-10-5-4-6-12(16-2)13(10)14/h4-6,11H,3,7-9,15H2,1-2H3. The van der Waals surface area contributed by atoms with Crippen LogP contribution >= 0.6 is 11.8 Å². The van der Waals surface area contributed by atoms with Crippen LogP contribution in [0.25, 0.3) is 0 Å². The maximum absolute atomic E-state index is 13.8. The van der Waals surface area contributed by atoms with Gasteiger partial charge in [-0.05, 0) is 30.2 Å². The highest BCUT2D eigenvalue weighted by atomic mass is 32.2. The van der Waals surface area contributed by atoms with Gasteiger partial charge in [0.05, 0.1) is 7.11 Å². The van der Waals surface area contributed by atoms with Crippen LogP contribution in [0.3, 0.4) is 0 Å². The molecule has 0 aliphatic heterocycles. The number of hydrogen-bond acceptors (Lipinski definition) is 3. The first-order valence-electron chi connectivity index (χ1n) is 5.83. The lowest BCUT2D eigenvalue weighted by molar-refractivity contribution is 0.383. The third-order valence-electron chi connectivity index (χ3n) is 2.43. The predicted octanol–water partition coefficient (Wildman–Crippen LogP) is 2.85. The molecule has 2 N–H and O–H groups in total. The molecule has 0 bridgehead atoms. The van der Waals surface area contributed by atoms with Crippen molar-refractivity contribution in [3.05, 3.63) is 29.6 Å². The fourth-order valence-electron chi connectivity index (χ4n) is 1.59. The molecule has 1 aromatic carbocycles. The summed E-state index contributed by atoms with van der Waals surface area (Å²) in [6.45, 7) is 2.14. The number of methoxy groups -OCH3 is 1. The zero-order valence-electron chi connectivity index (χ0n) is 10.4. The van der Waals surface area contributed by atoms with E-state index in [0.29, 0.717) is 12.0 Å². The second-order valence-electron chi connectivity index (χ2n) is 3.97. The summed E-state index contributed by atoms with van der Waals surface area (Å²) in [6.07, 6.45) is 1.70. The molecule has 1 atom stereocenters. The second-order valence-corrected chi connectivity index (χ2v) is 5.12. The van der Waals surface area contributed by atoms with Crippen LogP contribution in [0.2, 0.25) is 0 Å². The van der Waals surface area contributed by atoms with Gasteiger partial charge in [0.25, 0.3) is 0 Å². The molecule has 1 rings (SSSR count). The topological polar surface area (TPSA) is 35.2 Å². The minimum Gasteiger partial charge on any atom is -0.494 e. The zero-order valence-corrected chi connectivity index (χ0v) is 11.2. The molecule has 0 radical (unpaired) electrons. The van der Waals surface area contributed by atoms with E-state index in [-0.39, 0.29) is 17.6 Å².